The second-order valence-electron chi connectivity index (χ2n) is 3.66. The second-order valence-corrected chi connectivity index (χ2v) is 4.47. The van der Waals surface area contributed by atoms with Gasteiger partial charge in [0.25, 0.3) is 0 Å². The van der Waals surface area contributed by atoms with Crippen LogP contribution in [0.1, 0.15) is 12.6 Å². The summed E-state index contributed by atoms with van der Waals surface area (Å²) >= 11 is 11.5. The Hall–Kier alpha value is -1.17. The molecule has 1 aromatic heterocycles. The third-order valence-corrected chi connectivity index (χ3v) is 2.88. The quantitative estimate of drug-likeness (QED) is 0.880. The first-order valence-electron chi connectivity index (χ1n) is 5.38. The maximum atomic E-state index is 13.3. The zero-order valence-corrected chi connectivity index (χ0v) is 11.1. The van der Waals surface area contributed by atoms with Gasteiger partial charge in [0, 0.05) is 6.54 Å². The molecule has 7 heteroatoms. The highest BCUT2D eigenvalue weighted by atomic mass is 35.5. The normalized spacial score (nSPS) is 10.9. The number of aromatic nitrogens is 3. The van der Waals surface area contributed by atoms with E-state index in [-0.39, 0.29) is 10.0 Å². The lowest BCUT2D eigenvalue weighted by Gasteiger charge is -2.03. The summed E-state index contributed by atoms with van der Waals surface area (Å²) in [6.07, 6.45) is 1.74. The summed E-state index contributed by atoms with van der Waals surface area (Å²) in [5.74, 6) is -0.630. The summed E-state index contributed by atoms with van der Waals surface area (Å²) in [7, 11) is 0. The Morgan fingerprint density at radius 3 is 2.61 bits per heavy atom. The highest BCUT2D eigenvalue weighted by molar-refractivity contribution is 6.35. The minimum absolute atomic E-state index is 0.0405. The van der Waals surface area contributed by atoms with Gasteiger partial charge in [-0.05, 0) is 18.7 Å². The summed E-state index contributed by atoms with van der Waals surface area (Å²) in [6, 6.07) is 2.91. The largest absolute Gasteiger partial charge is 0.311 e. The van der Waals surface area contributed by atoms with E-state index in [1.54, 1.807) is 6.20 Å². The van der Waals surface area contributed by atoms with Crippen molar-refractivity contribution < 1.29 is 4.39 Å². The molecular weight excluding hydrogens is 278 g/mol. The lowest BCUT2D eigenvalue weighted by molar-refractivity contribution is 0.627. The number of hydrogen-bond donors (Lipinski definition) is 1. The lowest BCUT2D eigenvalue weighted by Crippen LogP contribution is -2.11. The van der Waals surface area contributed by atoms with Crippen molar-refractivity contribution in [1.82, 2.24) is 20.3 Å². The number of rotatable bonds is 4. The van der Waals surface area contributed by atoms with Gasteiger partial charge in [0.05, 0.1) is 27.6 Å². The molecule has 2 aromatic rings. The van der Waals surface area contributed by atoms with E-state index < -0.39 is 5.82 Å². The Morgan fingerprint density at radius 2 is 2.00 bits per heavy atom. The lowest BCUT2D eigenvalue weighted by atomic mass is 10.3. The van der Waals surface area contributed by atoms with Crippen LogP contribution in [0.3, 0.4) is 0 Å². The van der Waals surface area contributed by atoms with E-state index in [1.807, 2.05) is 6.92 Å². The van der Waals surface area contributed by atoms with E-state index in [4.69, 9.17) is 23.2 Å². The molecule has 1 N–H and O–H groups in total. The molecule has 0 saturated carbocycles. The Labute approximate surface area is 114 Å². The fourth-order valence-electron chi connectivity index (χ4n) is 1.43. The molecule has 0 radical (unpaired) electrons. The average molecular weight is 289 g/mol. The summed E-state index contributed by atoms with van der Waals surface area (Å²) in [4.78, 5) is 0. The average Bonchev–Trinajstić information content (AvgIpc) is 2.81. The van der Waals surface area contributed by atoms with E-state index in [9.17, 15) is 4.39 Å². The maximum Gasteiger partial charge on any atom is 0.160 e. The van der Waals surface area contributed by atoms with Gasteiger partial charge in [-0.1, -0.05) is 35.3 Å². The van der Waals surface area contributed by atoms with Crippen molar-refractivity contribution >= 4 is 23.2 Å². The highest BCUT2D eigenvalue weighted by Crippen LogP contribution is 2.26. The molecule has 0 fully saturated rings. The van der Waals surface area contributed by atoms with Crippen molar-refractivity contribution in [2.24, 2.45) is 0 Å². The Kier molecular flexibility index (Phi) is 4.16. The van der Waals surface area contributed by atoms with E-state index in [0.29, 0.717) is 12.2 Å². The molecule has 1 heterocycles. The first-order valence-corrected chi connectivity index (χ1v) is 6.14. The van der Waals surface area contributed by atoms with Crippen LogP contribution >= 0.6 is 23.2 Å². The van der Waals surface area contributed by atoms with Gasteiger partial charge in [0.15, 0.2) is 5.82 Å². The van der Waals surface area contributed by atoms with Crippen LogP contribution in [0.5, 0.6) is 0 Å². The molecule has 0 atom stereocenters. The first-order chi connectivity index (χ1) is 8.61. The number of nitrogens with one attached hydrogen (secondary N) is 1. The van der Waals surface area contributed by atoms with Gasteiger partial charge in [0.2, 0.25) is 0 Å². The summed E-state index contributed by atoms with van der Waals surface area (Å²) in [5, 5.41) is 11.0. The van der Waals surface area contributed by atoms with Crippen molar-refractivity contribution in [3.8, 4) is 5.69 Å². The molecule has 0 aliphatic heterocycles. The molecule has 18 heavy (non-hydrogen) atoms. The third kappa shape index (κ3) is 2.80. The van der Waals surface area contributed by atoms with Crippen molar-refractivity contribution in [2.45, 2.75) is 13.5 Å². The second kappa shape index (κ2) is 5.65. The molecule has 4 nitrogen and oxygen atoms in total. The zero-order chi connectivity index (χ0) is 13.1. The molecule has 0 saturated heterocycles. The van der Waals surface area contributed by atoms with Crippen molar-refractivity contribution in [1.29, 1.82) is 0 Å². The van der Waals surface area contributed by atoms with Crippen molar-refractivity contribution in [2.75, 3.05) is 6.54 Å². The number of nitrogens with zero attached hydrogens (tertiary/aromatic N) is 3. The molecule has 0 aliphatic carbocycles. The molecule has 0 bridgehead atoms. The summed E-state index contributed by atoms with van der Waals surface area (Å²) in [5.41, 5.74) is 1.36. The van der Waals surface area contributed by atoms with Gasteiger partial charge in [-0.3, -0.25) is 0 Å². The van der Waals surface area contributed by atoms with E-state index in [2.05, 4.69) is 15.6 Å². The summed E-state index contributed by atoms with van der Waals surface area (Å²) in [6.45, 7) is 3.48. The zero-order valence-electron chi connectivity index (χ0n) is 9.62. The van der Waals surface area contributed by atoms with Gasteiger partial charge >= 0.3 is 0 Å². The van der Waals surface area contributed by atoms with Gasteiger partial charge < -0.3 is 5.32 Å². The minimum Gasteiger partial charge on any atom is -0.311 e. The highest BCUT2D eigenvalue weighted by Gasteiger charge is 2.10. The molecule has 96 valence electrons. The Balaban J connectivity index is 2.28. The monoisotopic (exact) mass is 288 g/mol. The Bertz CT molecular complexity index is 533. The number of benzene rings is 1. The topological polar surface area (TPSA) is 42.7 Å². The Morgan fingerprint density at radius 1 is 1.33 bits per heavy atom. The number of halogens is 3. The first kappa shape index (κ1) is 13.3. The van der Waals surface area contributed by atoms with Crippen LogP contribution in [0.15, 0.2) is 18.3 Å². The minimum atomic E-state index is -0.630. The fourth-order valence-corrected chi connectivity index (χ4v) is 1.91. The van der Waals surface area contributed by atoms with Crippen molar-refractivity contribution in [3.63, 3.8) is 0 Å². The fraction of sp³-hybridized carbons (Fsp3) is 0.273. The molecule has 0 aliphatic rings. The van der Waals surface area contributed by atoms with Crippen LogP contribution < -0.4 is 5.32 Å². The van der Waals surface area contributed by atoms with Crippen LogP contribution in [-0.4, -0.2) is 21.5 Å². The van der Waals surface area contributed by atoms with E-state index in [1.165, 1.54) is 16.8 Å². The predicted molar refractivity (Wildman–Crippen MR) is 68.7 cm³/mol. The molecular formula is C11H11Cl2FN4. The van der Waals surface area contributed by atoms with Crippen LogP contribution in [0.2, 0.25) is 10.0 Å². The number of hydrogen-bond acceptors (Lipinski definition) is 3. The van der Waals surface area contributed by atoms with Gasteiger partial charge in [-0.25, -0.2) is 9.07 Å². The van der Waals surface area contributed by atoms with Gasteiger partial charge in [-0.2, -0.15) is 0 Å². The SMILES string of the molecule is CCNCc1cn(-c2cc(Cl)c(F)c(Cl)c2)nn1. The van der Waals surface area contributed by atoms with Crippen molar-refractivity contribution in [3.05, 3.63) is 39.9 Å². The van der Waals surface area contributed by atoms with Crippen LogP contribution in [0, 0.1) is 5.82 Å². The third-order valence-electron chi connectivity index (χ3n) is 2.33. The maximum absolute atomic E-state index is 13.3. The van der Waals surface area contributed by atoms with Crippen LogP contribution in [0.25, 0.3) is 5.69 Å². The van der Waals surface area contributed by atoms with E-state index >= 15 is 0 Å². The molecule has 2 rings (SSSR count). The summed E-state index contributed by atoms with van der Waals surface area (Å²) < 4.78 is 14.8. The predicted octanol–water partition coefficient (Wildman–Crippen LogP) is 2.82. The van der Waals surface area contributed by atoms with Gasteiger partial charge in [0.1, 0.15) is 0 Å². The smallest absolute Gasteiger partial charge is 0.160 e. The van der Waals surface area contributed by atoms with Gasteiger partial charge in [-0.15, -0.1) is 5.10 Å². The van der Waals surface area contributed by atoms with E-state index in [0.717, 1.165) is 12.2 Å². The molecule has 1 aromatic carbocycles. The molecule has 0 spiro atoms. The molecule has 0 unspecified atom stereocenters. The standard InChI is InChI=1S/C11H11Cl2FN4/c1-2-15-5-7-6-18(17-16-7)8-3-9(12)11(14)10(13)4-8/h3-4,6,15H,2,5H2,1H3. The van der Waals surface area contributed by atoms with Crippen LogP contribution in [0.4, 0.5) is 4.39 Å². The molecule has 0 amide bonds. The van der Waals surface area contributed by atoms with Crippen LogP contribution in [-0.2, 0) is 6.54 Å².